The maximum absolute atomic E-state index is 12.2. The van der Waals surface area contributed by atoms with Crippen molar-refractivity contribution in [3.05, 3.63) is 24.5 Å². The van der Waals surface area contributed by atoms with E-state index >= 15 is 0 Å². The van der Waals surface area contributed by atoms with Gasteiger partial charge in [-0.15, -0.1) is 0 Å². The zero-order valence-electron chi connectivity index (χ0n) is 14.9. The first kappa shape index (κ1) is 17.7. The molecule has 0 aliphatic carbocycles. The molecule has 0 unspecified atom stereocenters. The molecular weight excluding hydrogens is 320 g/mol. The van der Waals surface area contributed by atoms with E-state index < -0.39 is 0 Å². The van der Waals surface area contributed by atoms with Crippen LogP contribution >= 0.6 is 0 Å². The van der Waals surface area contributed by atoms with Crippen LogP contribution in [-0.2, 0) is 11.3 Å². The van der Waals surface area contributed by atoms with Crippen molar-refractivity contribution in [2.24, 2.45) is 11.8 Å². The first-order valence-corrected chi connectivity index (χ1v) is 8.97. The van der Waals surface area contributed by atoms with E-state index in [-0.39, 0.29) is 11.8 Å². The molecular formula is C18H26N4O3. The third-order valence-electron chi connectivity index (χ3n) is 4.59. The highest BCUT2D eigenvalue weighted by Crippen LogP contribution is 2.20. The molecule has 0 bridgehead atoms. The molecule has 3 heterocycles. The Kier molecular flexibility index (Phi) is 5.86. The van der Waals surface area contributed by atoms with Gasteiger partial charge in [0.1, 0.15) is 6.26 Å². The van der Waals surface area contributed by atoms with E-state index in [0.29, 0.717) is 24.2 Å². The molecule has 0 radical (unpaired) electrons. The summed E-state index contributed by atoms with van der Waals surface area (Å²) in [5.74, 6) is 2.07. The molecule has 1 aliphatic heterocycles. The van der Waals surface area contributed by atoms with Crippen LogP contribution in [0.3, 0.4) is 0 Å². The Morgan fingerprint density at radius 3 is 2.88 bits per heavy atom. The number of furan rings is 1. The second-order valence-electron chi connectivity index (χ2n) is 7.05. The van der Waals surface area contributed by atoms with Crippen molar-refractivity contribution in [2.45, 2.75) is 39.7 Å². The number of piperidine rings is 1. The number of nitrogens with zero attached hydrogens (tertiary/aromatic N) is 3. The van der Waals surface area contributed by atoms with Crippen LogP contribution in [-0.4, -0.2) is 40.6 Å². The normalized spacial score (nSPS) is 16.4. The van der Waals surface area contributed by atoms with Gasteiger partial charge in [0, 0.05) is 12.5 Å². The Labute approximate surface area is 147 Å². The maximum Gasteiger partial charge on any atom is 0.241 e. The van der Waals surface area contributed by atoms with E-state index in [9.17, 15) is 4.79 Å². The molecule has 0 aromatic carbocycles. The third-order valence-corrected chi connectivity index (χ3v) is 4.59. The number of likely N-dealkylation sites (tertiary alicyclic amines) is 1. The molecule has 1 fully saturated rings. The van der Waals surface area contributed by atoms with Crippen molar-refractivity contribution in [1.29, 1.82) is 0 Å². The lowest BCUT2D eigenvalue weighted by Gasteiger charge is -2.30. The molecule has 7 nitrogen and oxygen atoms in total. The number of nitrogens with one attached hydrogen (secondary N) is 1. The average molecular weight is 346 g/mol. The standard InChI is InChI=1S/C18H26N4O3/c1-13(2)3-7-19-18(23)14-4-8-22(9-5-14)11-16-20-17(21-25-16)15-6-10-24-12-15/h6,10,12-14H,3-5,7-9,11H2,1-2H3,(H,19,23). The van der Waals surface area contributed by atoms with Gasteiger partial charge < -0.3 is 14.3 Å². The third kappa shape index (κ3) is 4.92. The Balaban J connectivity index is 1.43. The molecule has 3 rings (SSSR count). The Morgan fingerprint density at radius 1 is 1.40 bits per heavy atom. The van der Waals surface area contributed by atoms with E-state index in [0.717, 1.165) is 44.5 Å². The quantitative estimate of drug-likeness (QED) is 0.830. The number of carbonyl (C=O) groups is 1. The fourth-order valence-electron chi connectivity index (χ4n) is 3.00. The Hall–Kier alpha value is -2.15. The van der Waals surface area contributed by atoms with E-state index in [2.05, 4.69) is 34.2 Å². The molecule has 1 aliphatic rings. The van der Waals surface area contributed by atoms with E-state index in [1.807, 2.05) is 0 Å². The number of rotatable bonds is 7. The van der Waals surface area contributed by atoms with Crippen molar-refractivity contribution in [1.82, 2.24) is 20.4 Å². The fraction of sp³-hybridized carbons (Fsp3) is 0.611. The van der Waals surface area contributed by atoms with Crippen molar-refractivity contribution < 1.29 is 13.7 Å². The molecule has 2 aromatic rings. The lowest BCUT2D eigenvalue weighted by molar-refractivity contribution is -0.126. The molecule has 7 heteroatoms. The molecule has 0 spiro atoms. The van der Waals surface area contributed by atoms with Crippen LogP contribution in [0.4, 0.5) is 0 Å². The van der Waals surface area contributed by atoms with E-state index in [1.165, 1.54) is 0 Å². The average Bonchev–Trinajstić information content (AvgIpc) is 3.26. The van der Waals surface area contributed by atoms with Gasteiger partial charge in [-0.05, 0) is 44.3 Å². The first-order valence-electron chi connectivity index (χ1n) is 8.97. The highest BCUT2D eigenvalue weighted by molar-refractivity contribution is 5.78. The van der Waals surface area contributed by atoms with Crippen LogP contribution in [0.25, 0.3) is 11.4 Å². The van der Waals surface area contributed by atoms with Gasteiger partial charge in [-0.1, -0.05) is 19.0 Å². The SMILES string of the molecule is CC(C)CCNC(=O)C1CCN(Cc2nc(-c3ccoc3)no2)CC1. The highest BCUT2D eigenvalue weighted by Gasteiger charge is 2.25. The first-order chi connectivity index (χ1) is 12.1. The minimum atomic E-state index is 0.118. The summed E-state index contributed by atoms with van der Waals surface area (Å²) in [7, 11) is 0. The van der Waals surface area contributed by atoms with Gasteiger partial charge in [0.05, 0.1) is 18.4 Å². The van der Waals surface area contributed by atoms with Crippen molar-refractivity contribution in [3.63, 3.8) is 0 Å². The fourth-order valence-corrected chi connectivity index (χ4v) is 3.00. The lowest BCUT2D eigenvalue weighted by Crippen LogP contribution is -2.40. The van der Waals surface area contributed by atoms with Crippen LogP contribution in [0.2, 0.25) is 0 Å². The van der Waals surface area contributed by atoms with E-state index in [4.69, 9.17) is 8.94 Å². The van der Waals surface area contributed by atoms with Crippen LogP contribution in [0.1, 0.15) is 39.0 Å². The molecule has 2 aromatic heterocycles. The molecule has 25 heavy (non-hydrogen) atoms. The van der Waals surface area contributed by atoms with E-state index in [1.54, 1.807) is 18.6 Å². The van der Waals surface area contributed by atoms with Crippen LogP contribution in [0.5, 0.6) is 0 Å². The summed E-state index contributed by atoms with van der Waals surface area (Å²) in [5.41, 5.74) is 0.812. The Morgan fingerprint density at radius 2 is 2.20 bits per heavy atom. The minimum absolute atomic E-state index is 0.118. The van der Waals surface area contributed by atoms with Crippen molar-refractivity contribution in [2.75, 3.05) is 19.6 Å². The zero-order valence-corrected chi connectivity index (χ0v) is 14.9. The van der Waals surface area contributed by atoms with Crippen molar-refractivity contribution in [3.8, 4) is 11.4 Å². The minimum Gasteiger partial charge on any atom is -0.472 e. The lowest BCUT2D eigenvalue weighted by atomic mass is 9.96. The van der Waals surface area contributed by atoms with Crippen LogP contribution < -0.4 is 5.32 Å². The zero-order chi connectivity index (χ0) is 17.6. The summed E-state index contributed by atoms with van der Waals surface area (Å²) in [6, 6.07) is 1.80. The largest absolute Gasteiger partial charge is 0.472 e. The summed E-state index contributed by atoms with van der Waals surface area (Å²) in [6.07, 6.45) is 5.95. The predicted molar refractivity (Wildman–Crippen MR) is 92.5 cm³/mol. The number of amides is 1. The smallest absolute Gasteiger partial charge is 0.241 e. The summed E-state index contributed by atoms with van der Waals surface area (Å²) in [6.45, 7) is 7.46. The predicted octanol–water partition coefficient (Wildman–Crippen LogP) is 2.70. The summed E-state index contributed by atoms with van der Waals surface area (Å²) in [4.78, 5) is 18.9. The summed E-state index contributed by atoms with van der Waals surface area (Å²) >= 11 is 0. The van der Waals surface area contributed by atoms with Gasteiger partial charge in [-0.25, -0.2) is 0 Å². The molecule has 136 valence electrons. The van der Waals surface area contributed by atoms with Gasteiger partial charge in [-0.2, -0.15) is 4.98 Å². The summed E-state index contributed by atoms with van der Waals surface area (Å²) < 4.78 is 10.4. The van der Waals surface area contributed by atoms with Crippen LogP contribution in [0.15, 0.2) is 27.5 Å². The van der Waals surface area contributed by atoms with Gasteiger partial charge in [0.25, 0.3) is 0 Å². The topological polar surface area (TPSA) is 84.4 Å². The molecule has 1 N–H and O–H groups in total. The second-order valence-corrected chi connectivity index (χ2v) is 7.05. The molecule has 0 atom stereocenters. The number of aromatic nitrogens is 2. The number of carbonyl (C=O) groups excluding carboxylic acids is 1. The molecule has 1 amide bonds. The number of hydrogen-bond donors (Lipinski definition) is 1. The second kappa shape index (κ2) is 8.29. The van der Waals surface area contributed by atoms with Gasteiger partial charge in [-0.3, -0.25) is 9.69 Å². The van der Waals surface area contributed by atoms with Gasteiger partial charge >= 0.3 is 0 Å². The van der Waals surface area contributed by atoms with Crippen molar-refractivity contribution >= 4 is 5.91 Å². The molecule has 1 saturated heterocycles. The van der Waals surface area contributed by atoms with Crippen LogP contribution in [0, 0.1) is 11.8 Å². The monoisotopic (exact) mass is 346 g/mol. The Bertz CT molecular complexity index is 658. The number of hydrogen-bond acceptors (Lipinski definition) is 6. The highest BCUT2D eigenvalue weighted by atomic mass is 16.5. The summed E-state index contributed by atoms with van der Waals surface area (Å²) in [5, 5.41) is 7.04. The maximum atomic E-state index is 12.2. The molecule has 0 saturated carbocycles. The van der Waals surface area contributed by atoms with Gasteiger partial charge in [0.2, 0.25) is 17.6 Å². The van der Waals surface area contributed by atoms with Gasteiger partial charge in [0.15, 0.2) is 0 Å².